The second kappa shape index (κ2) is 12.1. The average molecular weight is 622 g/mol. The van der Waals surface area contributed by atoms with Crippen molar-refractivity contribution in [3.8, 4) is 67.5 Å². The lowest BCUT2D eigenvalue weighted by Crippen LogP contribution is -2.19. The summed E-state index contributed by atoms with van der Waals surface area (Å²) in [7, 11) is 3.60. The van der Waals surface area contributed by atoms with Gasteiger partial charge >= 0.3 is 5.69 Å². The summed E-state index contributed by atoms with van der Waals surface area (Å²) in [4.78, 5) is 27.6. The lowest BCUT2D eigenvalue weighted by Gasteiger charge is -2.12. The van der Waals surface area contributed by atoms with Gasteiger partial charge in [-0.1, -0.05) is 121 Å². The van der Waals surface area contributed by atoms with Crippen molar-refractivity contribution in [1.29, 1.82) is 0 Å². The van der Waals surface area contributed by atoms with Crippen molar-refractivity contribution in [3.63, 3.8) is 0 Å². The monoisotopic (exact) mass is 621 g/mol. The standard InChI is InChI=1S/C42H31N5O/c1-46-37-23-22-33(27-38(37)47(2)42(46)48)30-18-20-32(21-19-30)40-43-39(31-16-10-5-11-17-31)44-41(45-40)36-25-34(28-12-6-3-7-13-28)24-35(26-36)29-14-8-4-9-15-29/h3-27H,1-2H3. The lowest BCUT2D eigenvalue weighted by atomic mass is 9.96. The van der Waals surface area contributed by atoms with Gasteiger partial charge in [0.15, 0.2) is 17.5 Å². The predicted octanol–water partition coefficient (Wildman–Crippen LogP) is 9.06. The van der Waals surface area contributed by atoms with Crippen molar-refractivity contribution in [3.05, 3.63) is 162 Å². The van der Waals surface area contributed by atoms with Crippen LogP contribution in [0.25, 0.3) is 78.6 Å². The Morgan fingerprint density at radius 3 is 1.27 bits per heavy atom. The molecule has 8 aromatic rings. The lowest BCUT2D eigenvalue weighted by molar-refractivity contribution is 0.795. The van der Waals surface area contributed by atoms with Crippen LogP contribution in [0.15, 0.2) is 156 Å². The van der Waals surface area contributed by atoms with Crippen molar-refractivity contribution in [2.24, 2.45) is 14.1 Å². The van der Waals surface area contributed by atoms with Crippen LogP contribution in [0.5, 0.6) is 0 Å². The van der Waals surface area contributed by atoms with Gasteiger partial charge in [-0.25, -0.2) is 19.7 Å². The predicted molar refractivity (Wildman–Crippen MR) is 194 cm³/mol. The number of aryl methyl sites for hydroxylation is 2. The first kappa shape index (κ1) is 29.0. The number of benzene rings is 6. The van der Waals surface area contributed by atoms with Crippen LogP contribution in [0.4, 0.5) is 0 Å². The minimum atomic E-state index is -0.0393. The third kappa shape index (κ3) is 5.39. The maximum Gasteiger partial charge on any atom is 0.328 e. The van der Waals surface area contributed by atoms with Crippen LogP contribution in [0.3, 0.4) is 0 Å². The first-order chi connectivity index (χ1) is 23.5. The van der Waals surface area contributed by atoms with Gasteiger partial charge in [0.1, 0.15) is 0 Å². The van der Waals surface area contributed by atoms with E-state index in [1.807, 2.05) is 60.7 Å². The molecular formula is C42H31N5O. The number of hydrogen-bond acceptors (Lipinski definition) is 4. The van der Waals surface area contributed by atoms with E-state index in [2.05, 4.69) is 91.0 Å². The molecule has 6 heteroatoms. The van der Waals surface area contributed by atoms with E-state index in [4.69, 9.17) is 15.0 Å². The van der Waals surface area contributed by atoms with Gasteiger partial charge in [0, 0.05) is 30.8 Å². The second-order valence-corrected chi connectivity index (χ2v) is 11.9. The minimum Gasteiger partial charge on any atom is -0.295 e. The van der Waals surface area contributed by atoms with E-state index in [9.17, 15) is 4.79 Å². The number of hydrogen-bond donors (Lipinski definition) is 0. The number of rotatable bonds is 6. The highest BCUT2D eigenvalue weighted by atomic mass is 16.1. The van der Waals surface area contributed by atoms with Gasteiger partial charge in [0.25, 0.3) is 0 Å². The Bertz CT molecular complexity index is 2410. The molecule has 0 N–H and O–H groups in total. The zero-order chi connectivity index (χ0) is 32.6. The molecule has 0 fully saturated rings. The van der Waals surface area contributed by atoms with Crippen LogP contribution in [-0.2, 0) is 14.1 Å². The molecule has 2 heterocycles. The largest absolute Gasteiger partial charge is 0.328 e. The summed E-state index contributed by atoms with van der Waals surface area (Å²) < 4.78 is 3.35. The molecular weight excluding hydrogens is 590 g/mol. The summed E-state index contributed by atoms with van der Waals surface area (Å²) in [6.07, 6.45) is 0. The molecule has 0 aliphatic carbocycles. The Hall–Kier alpha value is -6.40. The van der Waals surface area contributed by atoms with Crippen LogP contribution in [-0.4, -0.2) is 24.1 Å². The van der Waals surface area contributed by atoms with Gasteiger partial charge in [-0.2, -0.15) is 0 Å². The summed E-state index contributed by atoms with van der Waals surface area (Å²) in [6.45, 7) is 0. The molecule has 48 heavy (non-hydrogen) atoms. The van der Waals surface area contributed by atoms with E-state index in [-0.39, 0.29) is 5.69 Å². The Kier molecular flexibility index (Phi) is 7.31. The average Bonchev–Trinajstić information content (AvgIpc) is 3.38. The van der Waals surface area contributed by atoms with Gasteiger partial charge in [-0.15, -0.1) is 0 Å². The molecule has 0 saturated carbocycles. The van der Waals surface area contributed by atoms with Crippen molar-refractivity contribution < 1.29 is 0 Å². The van der Waals surface area contributed by atoms with E-state index in [1.54, 1.807) is 23.2 Å². The van der Waals surface area contributed by atoms with Gasteiger partial charge in [0.2, 0.25) is 0 Å². The van der Waals surface area contributed by atoms with Crippen LogP contribution in [0.1, 0.15) is 0 Å². The SMILES string of the molecule is Cn1c(=O)n(C)c2cc(-c3ccc(-c4nc(-c5ccccc5)nc(-c5cc(-c6ccccc6)cc(-c6ccccc6)c5)n4)cc3)ccc21. The van der Waals surface area contributed by atoms with Gasteiger partial charge in [0.05, 0.1) is 11.0 Å². The van der Waals surface area contributed by atoms with Crippen molar-refractivity contribution in [2.75, 3.05) is 0 Å². The topological polar surface area (TPSA) is 65.6 Å². The molecule has 0 radical (unpaired) electrons. The first-order valence-corrected chi connectivity index (χ1v) is 15.9. The molecule has 0 unspecified atom stereocenters. The van der Waals surface area contributed by atoms with E-state index in [1.165, 1.54) is 0 Å². The summed E-state index contributed by atoms with van der Waals surface area (Å²) in [5.74, 6) is 1.81. The Morgan fingerprint density at radius 1 is 0.354 bits per heavy atom. The smallest absolute Gasteiger partial charge is 0.295 e. The normalized spacial score (nSPS) is 11.2. The number of imidazole rings is 1. The van der Waals surface area contributed by atoms with Crippen LogP contribution in [0.2, 0.25) is 0 Å². The summed E-state index contributed by atoms with van der Waals surface area (Å²) >= 11 is 0. The van der Waals surface area contributed by atoms with Crippen molar-refractivity contribution in [2.45, 2.75) is 0 Å². The highest BCUT2D eigenvalue weighted by molar-refractivity contribution is 5.84. The third-order valence-corrected chi connectivity index (χ3v) is 8.82. The second-order valence-electron chi connectivity index (χ2n) is 11.9. The summed E-state index contributed by atoms with van der Waals surface area (Å²) in [6, 6.07) is 51.7. The molecule has 0 amide bonds. The highest BCUT2D eigenvalue weighted by Gasteiger charge is 2.15. The number of fused-ring (bicyclic) bond motifs is 1. The van der Waals surface area contributed by atoms with Gasteiger partial charge in [-0.3, -0.25) is 9.13 Å². The summed E-state index contributed by atoms with van der Waals surface area (Å²) in [5.41, 5.74) is 11.0. The Balaban J connectivity index is 1.25. The maximum atomic E-state index is 12.5. The fourth-order valence-corrected chi connectivity index (χ4v) is 6.20. The molecule has 0 aliphatic rings. The minimum absolute atomic E-state index is 0.0393. The van der Waals surface area contributed by atoms with E-state index in [0.717, 1.165) is 61.1 Å². The number of aromatic nitrogens is 5. The van der Waals surface area contributed by atoms with Crippen LogP contribution >= 0.6 is 0 Å². The van der Waals surface area contributed by atoms with Crippen molar-refractivity contribution in [1.82, 2.24) is 24.1 Å². The Labute approximate surface area is 278 Å². The molecule has 0 aliphatic heterocycles. The van der Waals surface area contributed by atoms with Crippen molar-refractivity contribution >= 4 is 11.0 Å². The van der Waals surface area contributed by atoms with Crippen LogP contribution < -0.4 is 5.69 Å². The molecule has 0 saturated heterocycles. The summed E-state index contributed by atoms with van der Waals surface area (Å²) in [5, 5.41) is 0. The fraction of sp³-hybridized carbons (Fsp3) is 0.0476. The molecule has 2 aromatic heterocycles. The number of nitrogens with zero attached hydrogens (tertiary/aromatic N) is 5. The van der Waals surface area contributed by atoms with E-state index < -0.39 is 0 Å². The van der Waals surface area contributed by atoms with E-state index in [0.29, 0.717) is 17.5 Å². The molecule has 8 rings (SSSR count). The Morgan fingerprint density at radius 2 is 0.729 bits per heavy atom. The fourth-order valence-electron chi connectivity index (χ4n) is 6.20. The molecule has 0 spiro atoms. The van der Waals surface area contributed by atoms with Crippen LogP contribution in [0, 0.1) is 0 Å². The quantitative estimate of drug-likeness (QED) is 0.186. The first-order valence-electron chi connectivity index (χ1n) is 15.9. The third-order valence-electron chi connectivity index (χ3n) is 8.82. The molecule has 230 valence electrons. The highest BCUT2D eigenvalue weighted by Crippen LogP contribution is 2.34. The van der Waals surface area contributed by atoms with Gasteiger partial charge < -0.3 is 0 Å². The molecule has 0 bridgehead atoms. The molecule has 6 nitrogen and oxygen atoms in total. The zero-order valence-electron chi connectivity index (χ0n) is 26.6. The van der Waals surface area contributed by atoms with E-state index >= 15 is 0 Å². The molecule has 0 atom stereocenters. The zero-order valence-corrected chi connectivity index (χ0v) is 26.6. The molecule has 6 aromatic carbocycles. The maximum absolute atomic E-state index is 12.5. The van der Waals surface area contributed by atoms with Gasteiger partial charge in [-0.05, 0) is 63.7 Å².